The van der Waals surface area contributed by atoms with Gasteiger partial charge in [0.05, 0.1) is 6.10 Å². The van der Waals surface area contributed by atoms with Crippen LogP contribution in [0.3, 0.4) is 0 Å². The normalized spacial score (nSPS) is 18.6. The Kier molecular flexibility index (Phi) is 5.80. The quantitative estimate of drug-likeness (QED) is 0.851. The monoisotopic (exact) mass is 286 g/mol. The molecule has 6 nitrogen and oxygen atoms in total. The fourth-order valence-electron chi connectivity index (χ4n) is 2.08. The molecule has 2 amide bonds. The maximum Gasteiger partial charge on any atom is 0.408 e. The first-order valence-corrected chi connectivity index (χ1v) is 7.05. The SMILES string of the molecule is CO[C@H](C)[C@H](NC(=O)OC(C)(C)C)C(=O)N1CCCC1. The van der Waals surface area contributed by atoms with Crippen LogP contribution in [-0.2, 0) is 14.3 Å². The number of hydrogen-bond donors (Lipinski definition) is 1. The van der Waals surface area contributed by atoms with Gasteiger partial charge >= 0.3 is 6.09 Å². The highest BCUT2D eigenvalue weighted by molar-refractivity contribution is 5.86. The van der Waals surface area contributed by atoms with Crippen molar-refractivity contribution < 1.29 is 19.1 Å². The van der Waals surface area contributed by atoms with Crippen LogP contribution in [0.15, 0.2) is 0 Å². The highest BCUT2D eigenvalue weighted by atomic mass is 16.6. The van der Waals surface area contributed by atoms with E-state index in [-0.39, 0.29) is 5.91 Å². The van der Waals surface area contributed by atoms with E-state index in [1.807, 2.05) is 0 Å². The Morgan fingerprint density at radius 2 is 1.75 bits per heavy atom. The van der Waals surface area contributed by atoms with Crippen molar-refractivity contribution in [3.8, 4) is 0 Å². The van der Waals surface area contributed by atoms with E-state index in [9.17, 15) is 9.59 Å². The molecule has 1 rings (SSSR count). The number of nitrogens with one attached hydrogen (secondary N) is 1. The van der Waals surface area contributed by atoms with Crippen molar-refractivity contribution in [1.82, 2.24) is 10.2 Å². The fourth-order valence-corrected chi connectivity index (χ4v) is 2.08. The number of rotatable bonds is 4. The number of likely N-dealkylation sites (tertiary alicyclic amines) is 1. The summed E-state index contributed by atoms with van der Waals surface area (Å²) in [5.74, 6) is -0.109. The summed E-state index contributed by atoms with van der Waals surface area (Å²) in [5, 5.41) is 2.62. The first-order chi connectivity index (χ1) is 9.24. The molecule has 0 spiro atoms. The van der Waals surface area contributed by atoms with E-state index in [0.717, 1.165) is 25.9 Å². The number of methoxy groups -OCH3 is 1. The molecule has 1 aliphatic heterocycles. The van der Waals surface area contributed by atoms with Crippen molar-refractivity contribution in [3.05, 3.63) is 0 Å². The Morgan fingerprint density at radius 3 is 2.20 bits per heavy atom. The van der Waals surface area contributed by atoms with Crippen molar-refractivity contribution in [2.45, 2.75) is 58.3 Å². The van der Waals surface area contributed by atoms with Gasteiger partial charge in [-0.05, 0) is 40.5 Å². The molecule has 6 heteroatoms. The van der Waals surface area contributed by atoms with Crippen molar-refractivity contribution in [2.24, 2.45) is 0 Å². The summed E-state index contributed by atoms with van der Waals surface area (Å²) in [4.78, 5) is 26.0. The van der Waals surface area contributed by atoms with Crippen LogP contribution in [0.2, 0.25) is 0 Å². The summed E-state index contributed by atoms with van der Waals surface area (Å²) in [6, 6.07) is -0.715. The van der Waals surface area contributed by atoms with Gasteiger partial charge in [0.2, 0.25) is 5.91 Å². The number of amides is 2. The van der Waals surface area contributed by atoms with Gasteiger partial charge in [-0.2, -0.15) is 0 Å². The Bertz CT molecular complexity index is 346. The van der Waals surface area contributed by atoms with Gasteiger partial charge in [0.15, 0.2) is 0 Å². The van der Waals surface area contributed by atoms with Crippen LogP contribution in [0.5, 0.6) is 0 Å². The van der Waals surface area contributed by atoms with E-state index < -0.39 is 23.8 Å². The first kappa shape index (κ1) is 16.8. The summed E-state index contributed by atoms with van der Waals surface area (Å²) in [7, 11) is 1.52. The van der Waals surface area contributed by atoms with Gasteiger partial charge < -0.3 is 19.7 Å². The van der Waals surface area contributed by atoms with Gasteiger partial charge in [-0.3, -0.25) is 4.79 Å². The molecule has 0 bridgehead atoms. The summed E-state index contributed by atoms with van der Waals surface area (Å²) in [6.45, 7) is 8.58. The van der Waals surface area contributed by atoms with Crippen LogP contribution in [0.4, 0.5) is 4.79 Å². The largest absolute Gasteiger partial charge is 0.444 e. The van der Waals surface area contributed by atoms with Crippen molar-refractivity contribution in [3.63, 3.8) is 0 Å². The number of carbonyl (C=O) groups is 2. The second-order valence-corrected chi connectivity index (χ2v) is 6.10. The summed E-state index contributed by atoms with van der Waals surface area (Å²) in [6.07, 6.45) is 1.01. The summed E-state index contributed by atoms with van der Waals surface area (Å²) >= 11 is 0. The van der Waals surface area contributed by atoms with Crippen molar-refractivity contribution in [2.75, 3.05) is 20.2 Å². The third kappa shape index (κ3) is 5.00. The molecule has 116 valence electrons. The van der Waals surface area contributed by atoms with Gasteiger partial charge in [0, 0.05) is 20.2 Å². The van der Waals surface area contributed by atoms with Gasteiger partial charge in [-0.1, -0.05) is 0 Å². The second-order valence-electron chi connectivity index (χ2n) is 6.10. The molecule has 0 saturated carbocycles. The molecule has 1 heterocycles. The van der Waals surface area contributed by atoms with Crippen molar-refractivity contribution in [1.29, 1.82) is 0 Å². The third-order valence-electron chi connectivity index (χ3n) is 3.20. The summed E-state index contributed by atoms with van der Waals surface area (Å²) < 4.78 is 10.4. The Labute approximate surface area is 120 Å². The zero-order chi connectivity index (χ0) is 15.3. The number of alkyl carbamates (subject to hydrolysis) is 1. The molecule has 0 aliphatic carbocycles. The van der Waals surface area contributed by atoms with Crippen LogP contribution in [-0.4, -0.2) is 54.8 Å². The van der Waals surface area contributed by atoms with Gasteiger partial charge in [-0.15, -0.1) is 0 Å². The third-order valence-corrected chi connectivity index (χ3v) is 3.20. The standard InChI is InChI=1S/C14H26N2O4/c1-10(19-5)11(12(17)16-8-6-7-9-16)15-13(18)20-14(2,3)4/h10-11H,6-9H2,1-5H3,(H,15,18)/t10-,11+/m1/s1. The van der Waals surface area contributed by atoms with Crippen LogP contribution in [0.25, 0.3) is 0 Å². The van der Waals surface area contributed by atoms with Crippen LogP contribution in [0, 0.1) is 0 Å². The summed E-state index contributed by atoms with van der Waals surface area (Å²) in [5.41, 5.74) is -0.596. The minimum absolute atomic E-state index is 0.109. The van der Waals surface area contributed by atoms with Crippen LogP contribution >= 0.6 is 0 Å². The van der Waals surface area contributed by atoms with Crippen LogP contribution in [0.1, 0.15) is 40.5 Å². The Morgan fingerprint density at radius 1 is 1.20 bits per heavy atom. The predicted molar refractivity (Wildman–Crippen MR) is 75.4 cm³/mol. The Hall–Kier alpha value is -1.30. The minimum Gasteiger partial charge on any atom is -0.444 e. The van der Waals surface area contributed by atoms with E-state index in [4.69, 9.17) is 9.47 Å². The molecule has 0 aromatic heterocycles. The predicted octanol–water partition coefficient (Wildman–Crippen LogP) is 1.54. The number of carbonyl (C=O) groups excluding carboxylic acids is 2. The zero-order valence-electron chi connectivity index (χ0n) is 13.1. The molecule has 2 atom stereocenters. The lowest BCUT2D eigenvalue weighted by molar-refractivity contribution is -0.135. The lowest BCUT2D eigenvalue weighted by Crippen LogP contribution is -2.54. The molecular weight excluding hydrogens is 260 g/mol. The van der Waals surface area contributed by atoms with E-state index >= 15 is 0 Å². The molecule has 0 aromatic rings. The molecule has 1 fully saturated rings. The molecule has 1 N–H and O–H groups in total. The first-order valence-electron chi connectivity index (χ1n) is 7.05. The zero-order valence-corrected chi connectivity index (χ0v) is 13.1. The molecule has 0 radical (unpaired) electrons. The average molecular weight is 286 g/mol. The number of hydrogen-bond acceptors (Lipinski definition) is 4. The lowest BCUT2D eigenvalue weighted by atomic mass is 10.1. The highest BCUT2D eigenvalue weighted by Gasteiger charge is 2.33. The average Bonchev–Trinajstić information content (AvgIpc) is 2.85. The van der Waals surface area contributed by atoms with E-state index in [2.05, 4.69) is 5.32 Å². The molecule has 0 unspecified atom stereocenters. The van der Waals surface area contributed by atoms with Crippen molar-refractivity contribution >= 4 is 12.0 Å². The van der Waals surface area contributed by atoms with Gasteiger partial charge in [0.25, 0.3) is 0 Å². The molecular formula is C14H26N2O4. The van der Waals surface area contributed by atoms with Crippen LogP contribution < -0.4 is 5.32 Å². The van der Waals surface area contributed by atoms with Gasteiger partial charge in [-0.25, -0.2) is 4.79 Å². The Balaban J connectivity index is 2.69. The smallest absolute Gasteiger partial charge is 0.408 e. The highest BCUT2D eigenvalue weighted by Crippen LogP contribution is 2.13. The van der Waals surface area contributed by atoms with E-state index in [1.165, 1.54) is 7.11 Å². The molecule has 20 heavy (non-hydrogen) atoms. The maximum absolute atomic E-state index is 12.4. The van der Waals surface area contributed by atoms with E-state index in [0.29, 0.717) is 0 Å². The number of ether oxygens (including phenoxy) is 2. The minimum atomic E-state index is -0.715. The van der Waals surface area contributed by atoms with E-state index in [1.54, 1.807) is 32.6 Å². The lowest BCUT2D eigenvalue weighted by Gasteiger charge is -2.29. The second kappa shape index (κ2) is 6.92. The fraction of sp³-hybridized carbons (Fsp3) is 0.857. The molecule has 1 saturated heterocycles. The topological polar surface area (TPSA) is 67.9 Å². The van der Waals surface area contributed by atoms with Gasteiger partial charge in [0.1, 0.15) is 11.6 Å². The maximum atomic E-state index is 12.4. The molecule has 1 aliphatic rings. The number of nitrogens with zero attached hydrogens (tertiary/aromatic N) is 1. The molecule has 0 aromatic carbocycles.